The molecule has 2 aliphatic rings. The fourth-order valence-corrected chi connectivity index (χ4v) is 3.78. The predicted octanol–water partition coefficient (Wildman–Crippen LogP) is 2.25. The van der Waals surface area contributed by atoms with Gasteiger partial charge in [0.2, 0.25) is 0 Å². The van der Waals surface area contributed by atoms with E-state index >= 15 is 0 Å². The highest BCUT2D eigenvalue weighted by atomic mass is 16.5. The first-order valence-electron chi connectivity index (χ1n) is 7.46. The van der Waals surface area contributed by atoms with E-state index in [4.69, 9.17) is 4.74 Å². The highest BCUT2D eigenvalue weighted by molar-refractivity contribution is 5.84. The lowest BCUT2D eigenvalue weighted by molar-refractivity contribution is -0.129. The SMILES string of the molecule is CCNC1COCC1C(=O)C1CC(C)CC(C)C1. The Morgan fingerprint density at radius 2 is 1.83 bits per heavy atom. The van der Waals surface area contributed by atoms with Crippen LogP contribution in [0.15, 0.2) is 0 Å². The molecule has 0 radical (unpaired) electrons. The molecule has 1 N–H and O–H groups in total. The Morgan fingerprint density at radius 1 is 1.17 bits per heavy atom. The third-order valence-corrected chi connectivity index (χ3v) is 4.49. The van der Waals surface area contributed by atoms with Crippen molar-refractivity contribution in [1.82, 2.24) is 5.32 Å². The zero-order valence-electron chi connectivity index (χ0n) is 11.9. The minimum Gasteiger partial charge on any atom is -0.379 e. The van der Waals surface area contributed by atoms with Crippen LogP contribution in [0.2, 0.25) is 0 Å². The zero-order chi connectivity index (χ0) is 13.1. The van der Waals surface area contributed by atoms with Crippen molar-refractivity contribution in [2.45, 2.75) is 46.1 Å². The minimum atomic E-state index is 0.0902. The van der Waals surface area contributed by atoms with E-state index in [1.807, 2.05) is 0 Å². The molecule has 1 saturated carbocycles. The second kappa shape index (κ2) is 6.16. The van der Waals surface area contributed by atoms with Gasteiger partial charge in [0.25, 0.3) is 0 Å². The summed E-state index contributed by atoms with van der Waals surface area (Å²) in [6.07, 6.45) is 3.44. The van der Waals surface area contributed by atoms with Crippen LogP contribution >= 0.6 is 0 Å². The fraction of sp³-hybridized carbons (Fsp3) is 0.933. The van der Waals surface area contributed by atoms with Crippen LogP contribution in [-0.2, 0) is 9.53 Å². The normalized spacial score (nSPS) is 40.9. The molecule has 104 valence electrons. The Morgan fingerprint density at radius 3 is 2.44 bits per heavy atom. The van der Waals surface area contributed by atoms with Gasteiger partial charge in [0.05, 0.1) is 19.1 Å². The summed E-state index contributed by atoms with van der Waals surface area (Å²) in [6, 6.07) is 0.245. The van der Waals surface area contributed by atoms with Crippen molar-refractivity contribution in [3.63, 3.8) is 0 Å². The molecule has 0 bridgehead atoms. The van der Waals surface area contributed by atoms with Crippen LogP contribution in [0.3, 0.4) is 0 Å². The average molecular weight is 253 g/mol. The summed E-state index contributed by atoms with van der Waals surface area (Å²) in [6.45, 7) is 8.88. The first kappa shape index (κ1) is 14.0. The molecule has 18 heavy (non-hydrogen) atoms. The smallest absolute Gasteiger partial charge is 0.143 e. The highest BCUT2D eigenvalue weighted by Crippen LogP contribution is 2.35. The van der Waals surface area contributed by atoms with Gasteiger partial charge in [-0.25, -0.2) is 0 Å². The van der Waals surface area contributed by atoms with E-state index in [0.717, 1.165) is 19.4 Å². The number of Topliss-reactive ketones (excluding diaryl/α,β-unsaturated/α-hetero) is 1. The lowest BCUT2D eigenvalue weighted by Crippen LogP contribution is -2.42. The Balaban J connectivity index is 1.97. The molecule has 3 heteroatoms. The average Bonchev–Trinajstić information content (AvgIpc) is 2.75. The lowest BCUT2D eigenvalue weighted by Gasteiger charge is -2.32. The van der Waals surface area contributed by atoms with Gasteiger partial charge in [-0.15, -0.1) is 0 Å². The second-order valence-electron chi connectivity index (χ2n) is 6.32. The molecule has 1 aliphatic carbocycles. The minimum absolute atomic E-state index is 0.0902. The predicted molar refractivity (Wildman–Crippen MR) is 72.4 cm³/mol. The van der Waals surface area contributed by atoms with Crippen molar-refractivity contribution in [3.8, 4) is 0 Å². The van der Waals surface area contributed by atoms with Crippen molar-refractivity contribution >= 4 is 5.78 Å². The van der Waals surface area contributed by atoms with Crippen LogP contribution < -0.4 is 5.32 Å². The zero-order valence-corrected chi connectivity index (χ0v) is 11.9. The Hall–Kier alpha value is -0.410. The van der Waals surface area contributed by atoms with Crippen LogP contribution in [0, 0.1) is 23.7 Å². The molecule has 0 spiro atoms. The number of ether oxygens (including phenoxy) is 1. The van der Waals surface area contributed by atoms with Crippen LogP contribution in [0.5, 0.6) is 0 Å². The van der Waals surface area contributed by atoms with Gasteiger partial charge in [-0.3, -0.25) is 4.79 Å². The van der Waals surface area contributed by atoms with Crippen LogP contribution in [-0.4, -0.2) is 31.6 Å². The first-order chi connectivity index (χ1) is 8.61. The summed E-state index contributed by atoms with van der Waals surface area (Å²) in [5.74, 6) is 2.21. The van der Waals surface area contributed by atoms with Crippen LogP contribution in [0.4, 0.5) is 0 Å². The molecule has 1 heterocycles. The molecule has 1 aliphatic heterocycles. The summed E-state index contributed by atoms with van der Waals surface area (Å²) in [7, 11) is 0. The number of likely N-dealkylation sites (N-methyl/N-ethyl adjacent to an activating group) is 1. The van der Waals surface area contributed by atoms with Crippen molar-refractivity contribution in [2.24, 2.45) is 23.7 Å². The van der Waals surface area contributed by atoms with Gasteiger partial charge in [-0.2, -0.15) is 0 Å². The maximum Gasteiger partial charge on any atom is 0.143 e. The third-order valence-electron chi connectivity index (χ3n) is 4.49. The molecular formula is C15H27NO2. The maximum absolute atomic E-state index is 12.7. The molecule has 4 unspecified atom stereocenters. The summed E-state index contributed by atoms with van der Waals surface area (Å²) in [4.78, 5) is 12.7. The summed E-state index contributed by atoms with van der Waals surface area (Å²) < 4.78 is 5.50. The van der Waals surface area contributed by atoms with E-state index < -0.39 is 0 Å². The first-order valence-corrected chi connectivity index (χ1v) is 7.46. The molecule has 0 aromatic carbocycles. The standard InChI is InChI=1S/C15H27NO2/c1-4-16-14-9-18-8-13(14)15(17)12-6-10(2)5-11(3)7-12/h10-14,16H,4-9H2,1-3H3. The van der Waals surface area contributed by atoms with Gasteiger partial charge >= 0.3 is 0 Å². The number of rotatable bonds is 4. The molecule has 2 fully saturated rings. The summed E-state index contributed by atoms with van der Waals surface area (Å²) in [5, 5.41) is 3.39. The molecule has 0 aromatic rings. The number of nitrogens with one attached hydrogen (secondary N) is 1. The highest BCUT2D eigenvalue weighted by Gasteiger charge is 2.39. The van der Waals surface area contributed by atoms with Gasteiger partial charge in [0.1, 0.15) is 5.78 Å². The number of ketones is 1. The van der Waals surface area contributed by atoms with Gasteiger partial charge in [-0.1, -0.05) is 20.8 Å². The van der Waals surface area contributed by atoms with E-state index in [0.29, 0.717) is 30.8 Å². The van der Waals surface area contributed by atoms with Crippen LogP contribution in [0.25, 0.3) is 0 Å². The van der Waals surface area contributed by atoms with Gasteiger partial charge in [0.15, 0.2) is 0 Å². The van der Waals surface area contributed by atoms with Crippen LogP contribution in [0.1, 0.15) is 40.0 Å². The largest absolute Gasteiger partial charge is 0.379 e. The van der Waals surface area contributed by atoms with Crippen molar-refractivity contribution in [1.29, 1.82) is 0 Å². The third kappa shape index (κ3) is 3.12. The number of hydrogen-bond acceptors (Lipinski definition) is 3. The Labute approximate surface area is 111 Å². The van der Waals surface area contributed by atoms with E-state index in [2.05, 4.69) is 26.1 Å². The van der Waals surface area contributed by atoms with E-state index in [9.17, 15) is 4.79 Å². The van der Waals surface area contributed by atoms with E-state index in [-0.39, 0.29) is 17.9 Å². The topological polar surface area (TPSA) is 38.3 Å². The monoisotopic (exact) mass is 253 g/mol. The van der Waals surface area contributed by atoms with Crippen molar-refractivity contribution in [3.05, 3.63) is 0 Å². The number of carbonyl (C=O) groups is 1. The molecule has 0 amide bonds. The van der Waals surface area contributed by atoms with E-state index in [1.54, 1.807) is 0 Å². The number of hydrogen-bond donors (Lipinski definition) is 1. The van der Waals surface area contributed by atoms with Crippen molar-refractivity contribution < 1.29 is 9.53 Å². The molecule has 1 saturated heterocycles. The number of carbonyl (C=O) groups excluding carboxylic acids is 1. The van der Waals surface area contributed by atoms with Gasteiger partial charge < -0.3 is 10.1 Å². The quantitative estimate of drug-likeness (QED) is 0.835. The Bertz CT molecular complexity index is 282. The van der Waals surface area contributed by atoms with Gasteiger partial charge in [0, 0.05) is 12.0 Å². The molecule has 3 nitrogen and oxygen atoms in total. The van der Waals surface area contributed by atoms with E-state index in [1.165, 1.54) is 6.42 Å². The summed E-state index contributed by atoms with van der Waals surface area (Å²) >= 11 is 0. The molecule has 2 rings (SSSR count). The summed E-state index contributed by atoms with van der Waals surface area (Å²) in [5.41, 5.74) is 0. The fourth-order valence-electron chi connectivity index (χ4n) is 3.78. The van der Waals surface area contributed by atoms with Gasteiger partial charge in [-0.05, 0) is 37.6 Å². The van der Waals surface area contributed by atoms with Crippen molar-refractivity contribution in [2.75, 3.05) is 19.8 Å². The molecule has 4 atom stereocenters. The second-order valence-corrected chi connectivity index (χ2v) is 6.32. The lowest BCUT2D eigenvalue weighted by atomic mass is 9.72. The maximum atomic E-state index is 12.7. The molecular weight excluding hydrogens is 226 g/mol. The Kier molecular flexibility index (Phi) is 4.79. The molecule has 0 aromatic heterocycles.